The Hall–Kier alpha value is -3.08. The maximum atomic E-state index is 11.8. The molecule has 0 aliphatic heterocycles. The molecule has 5 heteroatoms. The number of aliphatic carboxylic acids is 1. The summed E-state index contributed by atoms with van der Waals surface area (Å²) >= 11 is 0. The summed E-state index contributed by atoms with van der Waals surface area (Å²) in [6.45, 7) is 3.39. The first-order valence-corrected chi connectivity index (χ1v) is 10.2. The number of hydrogen-bond donors (Lipinski definition) is 2. The number of rotatable bonds is 4. The second kappa shape index (κ2) is 7.74. The monoisotopic (exact) mass is 390 g/mol. The number of carbonyl (C=O) groups excluding carboxylic acids is 1. The molecule has 0 spiro atoms. The zero-order valence-corrected chi connectivity index (χ0v) is 16.8. The van der Waals surface area contributed by atoms with Crippen LogP contribution in [0.3, 0.4) is 0 Å². The number of aromatic nitrogens is 1. The molecule has 2 N–H and O–H groups in total. The maximum absolute atomic E-state index is 11.8. The van der Waals surface area contributed by atoms with E-state index in [2.05, 4.69) is 35.6 Å². The van der Waals surface area contributed by atoms with Gasteiger partial charge in [-0.05, 0) is 54.5 Å². The Morgan fingerprint density at radius 2 is 1.90 bits per heavy atom. The molecule has 3 aliphatic rings. The van der Waals surface area contributed by atoms with Crippen LogP contribution in [0.25, 0.3) is 22.0 Å². The fourth-order valence-electron chi connectivity index (χ4n) is 4.48. The van der Waals surface area contributed by atoms with Crippen molar-refractivity contribution >= 4 is 22.8 Å². The number of para-hydroxylation sites is 1. The van der Waals surface area contributed by atoms with Crippen LogP contribution < -0.4 is 5.32 Å². The van der Waals surface area contributed by atoms with E-state index >= 15 is 0 Å². The Labute approximate surface area is 170 Å². The van der Waals surface area contributed by atoms with Gasteiger partial charge >= 0.3 is 5.97 Å². The third kappa shape index (κ3) is 3.65. The van der Waals surface area contributed by atoms with E-state index in [0.717, 1.165) is 35.9 Å². The molecule has 5 rings (SSSR count). The van der Waals surface area contributed by atoms with Gasteiger partial charge in [-0.15, -0.1) is 0 Å². The molecule has 5 nitrogen and oxygen atoms in total. The number of carboxylic acids is 1. The van der Waals surface area contributed by atoms with Crippen LogP contribution in [0.4, 0.5) is 0 Å². The van der Waals surface area contributed by atoms with E-state index < -0.39 is 12.0 Å². The Bertz CT molecular complexity index is 1070. The van der Waals surface area contributed by atoms with Crippen LogP contribution in [0, 0.1) is 0 Å². The molecule has 150 valence electrons. The third-order valence-electron chi connectivity index (χ3n) is 5.78. The number of carboxylic acid groups (broad SMARTS) is 1. The summed E-state index contributed by atoms with van der Waals surface area (Å²) in [4.78, 5) is 23.4. The van der Waals surface area contributed by atoms with Crippen molar-refractivity contribution in [3.8, 4) is 11.1 Å². The number of hydrogen-bond acceptors (Lipinski definition) is 2. The molecule has 0 fully saturated rings. The molecule has 3 aliphatic carbocycles. The fourth-order valence-corrected chi connectivity index (χ4v) is 4.48. The first kappa shape index (κ1) is 19.2. The number of nitrogens with one attached hydrogen (secondary N) is 1. The van der Waals surface area contributed by atoms with Gasteiger partial charge in [0.05, 0.1) is 6.04 Å². The van der Waals surface area contributed by atoms with Gasteiger partial charge in [-0.2, -0.15) is 0 Å². The summed E-state index contributed by atoms with van der Waals surface area (Å²) in [5, 5.41) is 13.8. The lowest BCUT2D eigenvalue weighted by molar-refractivity contribution is -0.140. The Morgan fingerprint density at radius 1 is 1.17 bits per heavy atom. The second-order valence-corrected chi connectivity index (χ2v) is 7.74. The van der Waals surface area contributed by atoms with Crippen molar-refractivity contribution in [2.45, 2.75) is 51.6 Å². The van der Waals surface area contributed by atoms with Crippen LogP contribution in [0.5, 0.6) is 0 Å². The molecule has 29 heavy (non-hydrogen) atoms. The van der Waals surface area contributed by atoms with Crippen LogP contribution in [-0.4, -0.2) is 21.6 Å². The molecule has 2 atom stereocenters. The minimum absolute atomic E-state index is 0.0805. The zero-order valence-electron chi connectivity index (χ0n) is 16.8. The minimum Gasteiger partial charge on any atom is -0.480 e. The Morgan fingerprint density at radius 3 is 2.45 bits per heavy atom. The normalized spacial score (nSPS) is 17.0. The van der Waals surface area contributed by atoms with E-state index in [9.17, 15) is 14.7 Å². The highest BCUT2D eigenvalue weighted by Crippen LogP contribution is 2.40. The highest BCUT2D eigenvalue weighted by molar-refractivity contribution is 5.88. The smallest absolute Gasteiger partial charge is 0.326 e. The minimum atomic E-state index is -0.830. The predicted octanol–water partition coefficient (Wildman–Crippen LogP) is 4.86. The number of aryl methyl sites for hydroxylation is 1. The Kier molecular flexibility index (Phi) is 5.14. The van der Waals surface area contributed by atoms with Gasteiger partial charge in [0, 0.05) is 23.5 Å². The average Bonchev–Trinajstić information content (AvgIpc) is 3.15. The van der Waals surface area contributed by atoms with Crippen LogP contribution in [0.15, 0.2) is 48.5 Å². The third-order valence-corrected chi connectivity index (χ3v) is 5.78. The van der Waals surface area contributed by atoms with E-state index in [-0.39, 0.29) is 11.9 Å². The summed E-state index contributed by atoms with van der Waals surface area (Å²) in [5.41, 5.74) is 5.96. The van der Waals surface area contributed by atoms with E-state index in [1.807, 2.05) is 29.7 Å². The van der Waals surface area contributed by atoms with Crippen molar-refractivity contribution in [2.24, 2.45) is 0 Å². The van der Waals surface area contributed by atoms with Crippen LogP contribution in [0.2, 0.25) is 0 Å². The number of carbonyl (C=O) groups is 2. The summed E-state index contributed by atoms with van der Waals surface area (Å²) < 4.78 is 1.94. The molecule has 1 aromatic carbocycles. The average molecular weight is 390 g/mol. The van der Waals surface area contributed by atoms with Gasteiger partial charge in [-0.25, -0.2) is 4.79 Å². The number of amides is 1. The lowest BCUT2D eigenvalue weighted by Gasteiger charge is -2.28. The molecule has 2 unspecified atom stereocenters. The van der Waals surface area contributed by atoms with E-state index in [1.54, 1.807) is 0 Å². The van der Waals surface area contributed by atoms with Crippen molar-refractivity contribution in [1.29, 1.82) is 0 Å². The lowest BCUT2D eigenvalue weighted by atomic mass is 9.91. The van der Waals surface area contributed by atoms with Gasteiger partial charge in [0.1, 0.15) is 6.04 Å². The molecule has 1 amide bonds. The maximum Gasteiger partial charge on any atom is 0.326 e. The first-order valence-electron chi connectivity index (χ1n) is 10.2. The summed E-state index contributed by atoms with van der Waals surface area (Å²) in [7, 11) is 0. The van der Waals surface area contributed by atoms with Crippen molar-refractivity contribution in [3.63, 3.8) is 0 Å². The molecule has 2 aromatic rings. The molecule has 1 heterocycles. The molecule has 0 radical (unpaired) electrons. The van der Waals surface area contributed by atoms with Gasteiger partial charge in [0.2, 0.25) is 5.91 Å². The fraction of sp³-hybridized carbons (Fsp3) is 0.333. The summed E-state index contributed by atoms with van der Waals surface area (Å²) in [5.74, 6) is -0.911. The molecule has 1 aromatic heterocycles. The SMILES string of the molecule is CCC(C(=O)O)n1c2c(c3ccccc31)CCCC2NC(C)=O.c1cc2cc-2c1. The van der Waals surface area contributed by atoms with Crippen LogP contribution in [-0.2, 0) is 16.0 Å². The first-order chi connectivity index (χ1) is 14.0. The van der Waals surface area contributed by atoms with Crippen molar-refractivity contribution in [1.82, 2.24) is 9.88 Å². The van der Waals surface area contributed by atoms with E-state index in [0.29, 0.717) is 6.42 Å². The zero-order chi connectivity index (χ0) is 20.5. The highest BCUT2D eigenvalue weighted by atomic mass is 16.4. The second-order valence-electron chi connectivity index (χ2n) is 7.74. The number of fused-ring (bicyclic) bond motifs is 4. The van der Waals surface area contributed by atoms with Crippen molar-refractivity contribution < 1.29 is 14.7 Å². The predicted molar refractivity (Wildman–Crippen MR) is 114 cm³/mol. The Balaban J connectivity index is 0.000000286. The van der Waals surface area contributed by atoms with Gasteiger partial charge in [-0.3, -0.25) is 4.79 Å². The van der Waals surface area contributed by atoms with Crippen molar-refractivity contribution in [3.05, 3.63) is 59.8 Å². The standard InChI is InChI=1S/C18H22N2O3.C6H4/c1-3-15(18(22)23)20-16-10-5-4-7-12(16)13-8-6-9-14(17(13)20)19-11(2)21;1-2-5-4-6(5)3-1/h4-5,7,10,14-15H,3,6,8-9H2,1-2H3,(H,19,21)(H,22,23);1-4H. The van der Waals surface area contributed by atoms with Crippen LogP contribution in [0.1, 0.15) is 56.5 Å². The van der Waals surface area contributed by atoms with Gasteiger partial charge in [-0.1, -0.05) is 43.3 Å². The van der Waals surface area contributed by atoms with Gasteiger partial charge in [0.25, 0.3) is 0 Å². The molecular weight excluding hydrogens is 364 g/mol. The molecular formula is C24H26N2O3. The quantitative estimate of drug-likeness (QED) is 0.523. The summed E-state index contributed by atoms with van der Waals surface area (Å²) in [6, 6.07) is 15.7. The van der Waals surface area contributed by atoms with E-state index in [1.165, 1.54) is 23.6 Å². The van der Waals surface area contributed by atoms with Crippen molar-refractivity contribution in [2.75, 3.05) is 0 Å². The van der Waals surface area contributed by atoms with Crippen LogP contribution >= 0.6 is 0 Å². The molecule has 0 saturated heterocycles. The number of benzene rings is 2. The molecule has 0 saturated carbocycles. The molecule has 0 bridgehead atoms. The lowest BCUT2D eigenvalue weighted by Crippen LogP contribution is -2.32. The summed E-state index contributed by atoms with van der Waals surface area (Å²) in [6.07, 6.45) is 3.27. The largest absolute Gasteiger partial charge is 0.480 e. The highest BCUT2D eigenvalue weighted by Gasteiger charge is 2.32. The van der Waals surface area contributed by atoms with E-state index in [4.69, 9.17) is 0 Å². The van der Waals surface area contributed by atoms with Gasteiger partial charge < -0.3 is 15.0 Å². The number of nitrogens with zero attached hydrogens (tertiary/aromatic N) is 1. The van der Waals surface area contributed by atoms with Gasteiger partial charge in [0.15, 0.2) is 0 Å². The topological polar surface area (TPSA) is 71.3 Å².